The molecule has 0 spiro atoms. The largest absolute Gasteiger partial charge is 0.468 e. The van der Waals surface area contributed by atoms with Gasteiger partial charge in [-0.05, 0) is 30.0 Å². The molecule has 0 saturated carbocycles. The smallest absolute Gasteiger partial charge is 0.324 e. The number of methoxy groups -OCH3 is 1. The average molecular weight is 284 g/mol. The highest BCUT2D eigenvalue weighted by molar-refractivity contribution is 7.92. The van der Waals surface area contributed by atoms with Gasteiger partial charge in [0.05, 0.1) is 12.0 Å². The van der Waals surface area contributed by atoms with Crippen molar-refractivity contribution in [3.63, 3.8) is 0 Å². The quantitative estimate of drug-likeness (QED) is 0.799. The second-order valence-electron chi connectivity index (χ2n) is 5.48. The Morgan fingerprint density at radius 2 is 1.63 bits per heavy atom. The zero-order valence-electron chi connectivity index (χ0n) is 11.9. The summed E-state index contributed by atoms with van der Waals surface area (Å²) in [5.74, 6) is -0.750. The van der Waals surface area contributed by atoms with Gasteiger partial charge in [0, 0.05) is 0 Å². The minimum atomic E-state index is -3.69. The van der Waals surface area contributed by atoms with Gasteiger partial charge in [0.25, 0.3) is 0 Å². The third-order valence-electron chi connectivity index (χ3n) is 3.05. The van der Waals surface area contributed by atoms with Crippen LogP contribution in [0.5, 0.6) is 0 Å². The fourth-order valence-corrected chi connectivity index (χ4v) is 2.91. The van der Waals surface area contributed by atoms with Crippen molar-refractivity contribution in [2.24, 2.45) is 0 Å². The van der Waals surface area contributed by atoms with E-state index in [0.717, 1.165) is 5.56 Å². The summed E-state index contributed by atoms with van der Waals surface area (Å²) in [7, 11) is -2.51. The Morgan fingerprint density at radius 3 is 2.00 bits per heavy atom. The van der Waals surface area contributed by atoms with Gasteiger partial charge < -0.3 is 4.74 Å². The molecule has 0 radical (unpaired) electrons. The number of carbonyl (C=O) groups excluding carboxylic acids is 1. The second-order valence-corrected chi connectivity index (χ2v) is 7.75. The molecule has 1 aromatic carbocycles. The van der Waals surface area contributed by atoms with Crippen molar-refractivity contribution >= 4 is 15.8 Å². The molecule has 0 bridgehead atoms. The van der Waals surface area contributed by atoms with E-state index in [4.69, 9.17) is 0 Å². The van der Waals surface area contributed by atoms with Gasteiger partial charge in [0.15, 0.2) is 15.1 Å². The summed E-state index contributed by atoms with van der Waals surface area (Å²) in [6.07, 6.45) is 0. The standard InChI is InChI=1S/C14H20O4S/c1-10(13(15)18-5)19(16,17)12-8-6-11(7-9-12)14(2,3)4/h6-10H,1-5H3. The number of ether oxygens (including phenoxy) is 1. The molecule has 0 saturated heterocycles. The van der Waals surface area contributed by atoms with E-state index in [1.54, 1.807) is 12.1 Å². The fourth-order valence-electron chi connectivity index (χ4n) is 1.64. The van der Waals surface area contributed by atoms with E-state index in [9.17, 15) is 13.2 Å². The maximum atomic E-state index is 12.2. The van der Waals surface area contributed by atoms with E-state index < -0.39 is 21.1 Å². The Balaban J connectivity index is 3.14. The van der Waals surface area contributed by atoms with Gasteiger partial charge in [0.1, 0.15) is 0 Å². The Morgan fingerprint density at radius 1 is 1.16 bits per heavy atom. The van der Waals surface area contributed by atoms with Crippen LogP contribution in [-0.4, -0.2) is 26.7 Å². The maximum absolute atomic E-state index is 12.2. The Kier molecular flexibility index (Phi) is 4.40. The summed E-state index contributed by atoms with van der Waals surface area (Å²) in [4.78, 5) is 11.5. The summed E-state index contributed by atoms with van der Waals surface area (Å²) in [6, 6.07) is 6.62. The zero-order chi connectivity index (χ0) is 14.8. The predicted molar refractivity (Wildman–Crippen MR) is 73.8 cm³/mol. The van der Waals surface area contributed by atoms with Crippen molar-refractivity contribution in [1.29, 1.82) is 0 Å². The van der Waals surface area contributed by atoms with Crippen molar-refractivity contribution in [2.75, 3.05) is 7.11 Å². The molecule has 0 amide bonds. The van der Waals surface area contributed by atoms with E-state index in [2.05, 4.69) is 4.74 Å². The number of benzene rings is 1. The lowest BCUT2D eigenvalue weighted by atomic mass is 9.87. The molecule has 0 aliphatic rings. The van der Waals surface area contributed by atoms with Gasteiger partial charge in [-0.1, -0.05) is 32.9 Å². The molecule has 5 heteroatoms. The first-order chi connectivity index (χ1) is 8.60. The molecule has 0 N–H and O–H groups in total. The maximum Gasteiger partial charge on any atom is 0.324 e. The number of esters is 1. The lowest BCUT2D eigenvalue weighted by molar-refractivity contribution is -0.139. The van der Waals surface area contributed by atoms with Crippen LogP contribution in [0.2, 0.25) is 0 Å². The highest BCUT2D eigenvalue weighted by Gasteiger charge is 2.30. The van der Waals surface area contributed by atoms with Crippen LogP contribution in [0.3, 0.4) is 0 Å². The molecule has 1 aromatic rings. The third-order valence-corrected chi connectivity index (χ3v) is 5.10. The van der Waals surface area contributed by atoms with Crippen LogP contribution in [0.15, 0.2) is 29.2 Å². The average Bonchev–Trinajstić information content (AvgIpc) is 2.36. The van der Waals surface area contributed by atoms with E-state index in [0.29, 0.717) is 0 Å². The van der Waals surface area contributed by atoms with Crippen molar-refractivity contribution in [3.05, 3.63) is 29.8 Å². The van der Waals surface area contributed by atoms with Gasteiger partial charge in [-0.25, -0.2) is 8.42 Å². The van der Waals surface area contributed by atoms with E-state index in [1.807, 2.05) is 20.8 Å². The molecule has 0 fully saturated rings. The van der Waals surface area contributed by atoms with Crippen LogP contribution < -0.4 is 0 Å². The lowest BCUT2D eigenvalue weighted by Crippen LogP contribution is -2.28. The van der Waals surface area contributed by atoms with Crippen LogP contribution in [-0.2, 0) is 24.8 Å². The monoisotopic (exact) mass is 284 g/mol. The van der Waals surface area contributed by atoms with Gasteiger partial charge in [-0.3, -0.25) is 4.79 Å². The summed E-state index contributed by atoms with van der Waals surface area (Å²) in [5, 5.41) is -1.20. The number of sulfone groups is 1. The predicted octanol–water partition coefficient (Wildman–Crippen LogP) is 2.32. The van der Waals surface area contributed by atoms with Crippen LogP contribution in [0.4, 0.5) is 0 Å². The number of rotatable bonds is 3. The van der Waals surface area contributed by atoms with Gasteiger partial charge in [-0.2, -0.15) is 0 Å². The van der Waals surface area contributed by atoms with E-state index >= 15 is 0 Å². The molecule has 1 unspecified atom stereocenters. The summed E-state index contributed by atoms with van der Waals surface area (Å²) < 4.78 is 28.9. The van der Waals surface area contributed by atoms with Crippen LogP contribution in [0.25, 0.3) is 0 Å². The molecule has 1 atom stereocenters. The molecule has 0 aliphatic heterocycles. The minimum absolute atomic E-state index is 0.0454. The summed E-state index contributed by atoms with van der Waals surface area (Å²) >= 11 is 0. The number of hydrogen-bond acceptors (Lipinski definition) is 4. The first-order valence-electron chi connectivity index (χ1n) is 6.03. The summed E-state index contributed by atoms with van der Waals surface area (Å²) in [6.45, 7) is 7.48. The van der Waals surface area contributed by atoms with Crippen LogP contribution in [0.1, 0.15) is 33.3 Å². The molecule has 1 rings (SSSR count). The number of carbonyl (C=O) groups is 1. The molecule has 0 aromatic heterocycles. The van der Waals surface area contributed by atoms with Crippen LogP contribution >= 0.6 is 0 Å². The second kappa shape index (κ2) is 5.33. The number of hydrogen-bond donors (Lipinski definition) is 0. The molecular formula is C14H20O4S. The zero-order valence-corrected chi connectivity index (χ0v) is 12.7. The third kappa shape index (κ3) is 3.35. The Hall–Kier alpha value is -1.36. The molecule has 106 valence electrons. The fraction of sp³-hybridized carbons (Fsp3) is 0.500. The molecular weight excluding hydrogens is 264 g/mol. The molecule has 0 heterocycles. The van der Waals surface area contributed by atoms with Crippen LogP contribution in [0, 0.1) is 0 Å². The minimum Gasteiger partial charge on any atom is -0.468 e. The van der Waals surface area contributed by atoms with Crippen molar-refractivity contribution in [1.82, 2.24) is 0 Å². The van der Waals surface area contributed by atoms with Crippen molar-refractivity contribution in [3.8, 4) is 0 Å². The molecule has 19 heavy (non-hydrogen) atoms. The summed E-state index contributed by atoms with van der Waals surface area (Å²) in [5.41, 5.74) is 0.994. The van der Waals surface area contributed by atoms with E-state index in [-0.39, 0.29) is 10.3 Å². The topological polar surface area (TPSA) is 60.4 Å². The molecule has 4 nitrogen and oxygen atoms in total. The normalized spacial score (nSPS) is 13.9. The van der Waals surface area contributed by atoms with Crippen molar-refractivity contribution in [2.45, 2.75) is 43.3 Å². The highest BCUT2D eigenvalue weighted by atomic mass is 32.2. The first-order valence-corrected chi connectivity index (χ1v) is 7.57. The molecule has 0 aliphatic carbocycles. The van der Waals surface area contributed by atoms with E-state index in [1.165, 1.54) is 26.2 Å². The Bertz CT molecular complexity index is 550. The highest BCUT2D eigenvalue weighted by Crippen LogP contribution is 2.24. The SMILES string of the molecule is COC(=O)C(C)S(=O)(=O)c1ccc(C(C)(C)C)cc1. The Labute approximate surface area is 114 Å². The first kappa shape index (κ1) is 15.7. The van der Waals surface area contributed by atoms with Gasteiger partial charge in [-0.15, -0.1) is 0 Å². The van der Waals surface area contributed by atoms with Gasteiger partial charge in [0.2, 0.25) is 0 Å². The van der Waals surface area contributed by atoms with Gasteiger partial charge >= 0.3 is 5.97 Å². The lowest BCUT2D eigenvalue weighted by Gasteiger charge is -2.19. The van der Waals surface area contributed by atoms with Crippen molar-refractivity contribution < 1.29 is 17.9 Å².